The van der Waals surface area contributed by atoms with Crippen molar-refractivity contribution in [3.63, 3.8) is 0 Å². The summed E-state index contributed by atoms with van der Waals surface area (Å²) in [5.74, 6) is 0.102. The zero-order chi connectivity index (χ0) is 13.0. The van der Waals surface area contributed by atoms with E-state index in [0.29, 0.717) is 30.7 Å². The van der Waals surface area contributed by atoms with Gasteiger partial charge < -0.3 is 15.4 Å². The molecule has 1 amide bonds. The molecular weight excluding hydrogens is 228 g/mol. The zero-order valence-electron chi connectivity index (χ0n) is 11.6. The minimum Gasteiger partial charge on any atom is -0.378 e. The van der Waals surface area contributed by atoms with Crippen molar-refractivity contribution in [2.75, 3.05) is 19.7 Å². The zero-order valence-corrected chi connectivity index (χ0v) is 11.6. The number of amides is 1. The topological polar surface area (TPSA) is 50.4 Å². The number of rotatable bonds is 6. The molecule has 2 aliphatic carbocycles. The Morgan fingerprint density at radius 3 is 2.67 bits per heavy atom. The molecule has 4 heteroatoms. The highest BCUT2D eigenvalue weighted by Crippen LogP contribution is 2.54. The van der Waals surface area contributed by atoms with Crippen LogP contribution in [0, 0.1) is 5.41 Å². The second kappa shape index (κ2) is 6.02. The van der Waals surface area contributed by atoms with Gasteiger partial charge in [-0.15, -0.1) is 0 Å². The van der Waals surface area contributed by atoms with Gasteiger partial charge in [0.2, 0.25) is 5.91 Å². The van der Waals surface area contributed by atoms with E-state index in [1.54, 1.807) is 0 Å². The van der Waals surface area contributed by atoms with Gasteiger partial charge in [-0.1, -0.05) is 12.8 Å². The lowest BCUT2D eigenvalue weighted by molar-refractivity contribution is -0.134. The molecule has 0 aliphatic heterocycles. The molecule has 0 radical (unpaired) electrons. The van der Waals surface area contributed by atoms with E-state index >= 15 is 0 Å². The second-order valence-electron chi connectivity index (χ2n) is 5.51. The van der Waals surface area contributed by atoms with Crippen molar-refractivity contribution < 1.29 is 9.53 Å². The van der Waals surface area contributed by atoms with Crippen LogP contribution in [0.5, 0.6) is 0 Å². The Morgan fingerprint density at radius 1 is 1.33 bits per heavy atom. The van der Waals surface area contributed by atoms with E-state index in [0.717, 1.165) is 13.0 Å². The van der Waals surface area contributed by atoms with E-state index in [2.05, 4.69) is 17.6 Å². The molecule has 0 aromatic rings. The van der Waals surface area contributed by atoms with Crippen LogP contribution in [-0.2, 0) is 9.53 Å². The van der Waals surface area contributed by atoms with E-state index in [1.165, 1.54) is 25.7 Å². The van der Waals surface area contributed by atoms with E-state index in [-0.39, 0.29) is 5.91 Å². The van der Waals surface area contributed by atoms with Gasteiger partial charge >= 0.3 is 0 Å². The minimum atomic E-state index is 0.102. The lowest BCUT2D eigenvalue weighted by Crippen LogP contribution is -2.63. The summed E-state index contributed by atoms with van der Waals surface area (Å²) in [6.07, 6.45) is 6.60. The molecule has 0 saturated heterocycles. The Hall–Kier alpha value is -0.610. The Kier molecular flexibility index (Phi) is 4.62. The minimum absolute atomic E-state index is 0.102. The fourth-order valence-corrected chi connectivity index (χ4v) is 3.65. The van der Waals surface area contributed by atoms with Gasteiger partial charge in [0.1, 0.15) is 0 Å². The van der Waals surface area contributed by atoms with E-state index in [1.807, 2.05) is 6.92 Å². The maximum Gasteiger partial charge on any atom is 0.233 e. The number of nitrogens with one attached hydrogen (secondary N) is 2. The van der Waals surface area contributed by atoms with E-state index in [4.69, 9.17) is 4.74 Å². The molecule has 0 aromatic heterocycles. The average molecular weight is 254 g/mol. The summed E-state index contributed by atoms with van der Waals surface area (Å²) in [6, 6.07) is 0.471. The molecular formula is C14H26N2O2. The van der Waals surface area contributed by atoms with Crippen molar-refractivity contribution >= 4 is 5.91 Å². The molecule has 2 unspecified atom stereocenters. The van der Waals surface area contributed by atoms with Crippen molar-refractivity contribution in [2.24, 2.45) is 5.41 Å². The molecule has 18 heavy (non-hydrogen) atoms. The standard InChI is InChI=1S/C14H26N2O2/c1-3-15-13(17)10-16-11-9-12(18-4-2)14(11)7-5-6-8-14/h11-12,16H,3-10H2,1-2H3,(H,15,17). The molecule has 1 spiro atoms. The number of likely N-dealkylation sites (N-methyl/N-ethyl adjacent to an activating group) is 1. The maximum atomic E-state index is 11.5. The number of hydrogen-bond acceptors (Lipinski definition) is 3. The quantitative estimate of drug-likeness (QED) is 0.754. The van der Waals surface area contributed by atoms with Crippen LogP contribution in [0.1, 0.15) is 46.0 Å². The van der Waals surface area contributed by atoms with Crippen molar-refractivity contribution in [3.05, 3.63) is 0 Å². The van der Waals surface area contributed by atoms with Gasteiger partial charge in [0.25, 0.3) is 0 Å². The van der Waals surface area contributed by atoms with Crippen molar-refractivity contribution in [2.45, 2.75) is 58.1 Å². The van der Waals surface area contributed by atoms with E-state index in [9.17, 15) is 4.79 Å². The largest absolute Gasteiger partial charge is 0.378 e. The van der Waals surface area contributed by atoms with Crippen LogP contribution >= 0.6 is 0 Å². The van der Waals surface area contributed by atoms with E-state index < -0.39 is 0 Å². The van der Waals surface area contributed by atoms with Gasteiger partial charge in [-0.05, 0) is 33.1 Å². The van der Waals surface area contributed by atoms with Crippen molar-refractivity contribution in [1.29, 1.82) is 0 Å². The first kappa shape index (κ1) is 13.8. The second-order valence-corrected chi connectivity index (χ2v) is 5.51. The number of hydrogen-bond donors (Lipinski definition) is 2. The van der Waals surface area contributed by atoms with Crippen LogP contribution in [0.3, 0.4) is 0 Å². The lowest BCUT2D eigenvalue weighted by Gasteiger charge is -2.54. The maximum absolute atomic E-state index is 11.5. The van der Waals surface area contributed by atoms with Crippen LogP contribution in [0.4, 0.5) is 0 Å². The van der Waals surface area contributed by atoms with Gasteiger partial charge in [-0.25, -0.2) is 0 Å². The third kappa shape index (κ3) is 2.54. The first-order valence-electron chi connectivity index (χ1n) is 7.34. The summed E-state index contributed by atoms with van der Waals surface area (Å²) >= 11 is 0. The Labute approximate surface area is 110 Å². The summed E-state index contributed by atoms with van der Waals surface area (Å²) in [5, 5.41) is 6.26. The molecule has 104 valence electrons. The van der Waals surface area contributed by atoms with Crippen LogP contribution in [0.15, 0.2) is 0 Å². The monoisotopic (exact) mass is 254 g/mol. The third-order valence-corrected chi connectivity index (χ3v) is 4.57. The molecule has 4 nitrogen and oxygen atoms in total. The van der Waals surface area contributed by atoms with Crippen LogP contribution < -0.4 is 10.6 Å². The van der Waals surface area contributed by atoms with Gasteiger partial charge in [-0.2, -0.15) is 0 Å². The first-order valence-corrected chi connectivity index (χ1v) is 7.34. The fraction of sp³-hybridized carbons (Fsp3) is 0.929. The molecule has 2 fully saturated rings. The van der Waals surface area contributed by atoms with Gasteiger partial charge in [0, 0.05) is 24.6 Å². The van der Waals surface area contributed by atoms with Crippen LogP contribution in [-0.4, -0.2) is 37.7 Å². The Bertz CT molecular complexity index is 288. The molecule has 0 aromatic carbocycles. The molecule has 0 heterocycles. The average Bonchev–Trinajstić information content (AvgIpc) is 2.85. The van der Waals surface area contributed by atoms with Gasteiger partial charge in [-0.3, -0.25) is 4.79 Å². The molecule has 2 saturated carbocycles. The molecule has 2 N–H and O–H groups in total. The lowest BCUT2D eigenvalue weighted by atomic mass is 9.60. The number of carbonyl (C=O) groups excluding carboxylic acids is 1. The highest BCUT2D eigenvalue weighted by molar-refractivity contribution is 5.77. The van der Waals surface area contributed by atoms with Crippen LogP contribution in [0.25, 0.3) is 0 Å². The summed E-state index contributed by atoms with van der Waals surface area (Å²) in [7, 11) is 0. The summed E-state index contributed by atoms with van der Waals surface area (Å²) in [5.41, 5.74) is 0.322. The van der Waals surface area contributed by atoms with Crippen LogP contribution in [0.2, 0.25) is 0 Å². The highest BCUT2D eigenvalue weighted by atomic mass is 16.5. The summed E-state index contributed by atoms with van der Waals surface area (Å²) in [4.78, 5) is 11.5. The van der Waals surface area contributed by atoms with Gasteiger partial charge in [0.15, 0.2) is 0 Å². The summed E-state index contributed by atoms with van der Waals surface area (Å²) in [6.45, 7) is 5.97. The molecule has 0 bridgehead atoms. The van der Waals surface area contributed by atoms with Crippen molar-refractivity contribution in [3.8, 4) is 0 Å². The predicted octanol–water partition coefficient (Wildman–Crippen LogP) is 1.45. The number of ether oxygens (including phenoxy) is 1. The molecule has 2 aliphatic rings. The smallest absolute Gasteiger partial charge is 0.233 e. The SMILES string of the molecule is CCNC(=O)CNC1CC(OCC)C12CCCC2. The number of carbonyl (C=O) groups is 1. The fourth-order valence-electron chi connectivity index (χ4n) is 3.65. The molecule has 2 rings (SSSR count). The predicted molar refractivity (Wildman–Crippen MR) is 71.4 cm³/mol. The Balaban J connectivity index is 1.84. The summed E-state index contributed by atoms with van der Waals surface area (Å²) < 4.78 is 5.86. The third-order valence-electron chi connectivity index (χ3n) is 4.57. The highest BCUT2D eigenvalue weighted by Gasteiger charge is 2.56. The van der Waals surface area contributed by atoms with Crippen molar-refractivity contribution in [1.82, 2.24) is 10.6 Å². The molecule has 2 atom stereocenters. The first-order chi connectivity index (χ1) is 8.73. The van der Waals surface area contributed by atoms with Gasteiger partial charge in [0.05, 0.1) is 12.6 Å². The normalized spacial score (nSPS) is 29.2. The Morgan fingerprint density at radius 2 is 2.06 bits per heavy atom.